The minimum Gasteiger partial charge on any atom is -0.309 e. The third-order valence-electron chi connectivity index (χ3n) is 19.9. The normalized spacial score (nSPS) is 12.0. The summed E-state index contributed by atoms with van der Waals surface area (Å²) < 4.78 is 9.72. The average Bonchev–Trinajstić information content (AvgIpc) is 1.56. The van der Waals surface area contributed by atoms with Crippen molar-refractivity contribution in [1.82, 2.24) is 28.2 Å². The Kier molecular flexibility index (Phi) is 11.9. The van der Waals surface area contributed by atoms with Crippen LogP contribution in [0, 0.1) is 0 Å². The molecule has 96 heavy (non-hydrogen) atoms. The third-order valence-corrected chi connectivity index (χ3v) is 19.9. The lowest BCUT2D eigenvalue weighted by atomic mass is 9.99. The van der Waals surface area contributed by atoms with E-state index in [-0.39, 0.29) is 0 Å². The molecule has 0 spiro atoms. The molecule has 20 aromatic rings. The van der Waals surface area contributed by atoms with Crippen LogP contribution in [0.5, 0.6) is 0 Å². The summed E-state index contributed by atoms with van der Waals surface area (Å²) in [5, 5.41) is 12.8. The van der Waals surface area contributed by atoms with Crippen LogP contribution in [0.25, 0.3) is 188 Å². The monoisotopic (exact) mass is 1220 g/mol. The highest BCUT2D eigenvalue weighted by atomic mass is 15.0. The van der Waals surface area contributed by atoms with Gasteiger partial charge < -0.3 is 18.3 Å². The van der Waals surface area contributed by atoms with Crippen molar-refractivity contribution in [3.05, 3.63) is 340 Å². The first-order valence-corrected chi connectivity index (χ1v) is 32.9. The van der Waals surface area contributed by atoms with Crippen LogP contribution >= 0.6 is 0 Å². The van der Waals surface area contributed by atoms with Crippen molar-refractivity contribution in [3.8, 4) is 78.8 Å². The highest BCUT2D eigenvalue weighted by Crippen LogP contribution is 2.44. The Labute approximate surface area is 552 Å². The van der Waals surface area contributed by atoms with Gasteiger partial charge in [0.05, 0.1) is 55.3 Å². The average molecular weight is 1220 g/mol. The summed E-state index contributed by atoms with van der Waals surface area (Å²) in [7, 11) is 0. The summed E-state index contributed by atoms with van der Waals surface area (Å²) in [5.74, 6) is 0.637. The molecule has 446 valence electrons. The van der Waals surface area contributed by atoms with Gasteiger partial charge in [0.2, 0.25) is 0 Å². The highest BCUT2D eigenvalue weighted by Gasteiger charge is 2.23. The van der Waals surface area contributed by atoms with E-state index in [0.29, 0.717) is 5.82 Å². The molecule has 20 rings (SSSR count). The smallest absolute Gasteiger partial charge is 0.160 e. The predicted molar refractivity (Wildman–Crippen MR) is 402 cm³/mol. The molecular formula is C90H56N6. The molecule has 6 nitrogen and oxygen atoms in total. The van der Waals surface area contributed by atoms with Crippen LogP contribution in [-0.2, 0) is 0 Å². The van der Waals surface area contributed by atoms with E-state index in [1.165, 1.54) is 70.7 Å². The molecule has 5 aromatic heterocycles. The minimum absolute atomic E-state index is 0.637. The van der Waals surface area contributed by atoms with Crippen molar-refractivity contribution >= 4 is 109 Å². The van der Waals surface area contributed by atoms with E-state index in [9.17, 15) is 0 Å². The van der Waals surface area contributed by atoms with Gasteiger partial charge in [-0.3, -0.25) is 0 Å². The van der Waals surface area contributed by atoms with Crippen molar-refractivity contribution in [2.24, 2.45) is 0 Å². The van der Waals surface area contributed by atoms with Crippen molar-refractivity contribution < 1.29 is 0 Å². The number of aromatic nitrogens is 6. The van der Waals surface area contributed by atoms with Gasteiger partial charge in [0, 0.05) is 87.7 Å². The van der Waals surface area contributed by atoms with Gasteiger partial charge in [-0.2, -0.15) is 0 Å². The number of nitrogens with zero attached hydrogens (tertiary/aromatic N) is 6. The first-order chi connectivity index (χ1) is 47.6. The molecule has 5 heterocycles. The highest BCUT2D eigenvalue weighted by molar-refractivity contribution is 6.16. The van der Waals surface area contributed by atoms with Gasteiger partial charge in [-0.15, -0.1) is 0 Å². The Balaban J connectivity index is 0.835. The van der Waals surface area contributed by atoms with Crippen LogP contribution < -0.4 is 0 Å². The Morgan fingerprint density at radius 3 is 1.04 bits per heavy atom. The number of para-hydroxylation sites is 6. The zero-order valence-corrected chi connectivity index (χ0v) is 52.0. The van der Waals surface area contributed by atoms with E-state index < -0.39 is 0 Å². The molecule has 0 saturated carbocycles. The Morgan fingerprint density at radius 2 is 0.531 bits per heavy atom. The van der Waals surface area contributed by atoms with Gasteiger partial charge >= 0.3 is 0 Å². The number of hydrogen-bond donors (Lipinski definition) is 0. The molecule has 0 amide bonds. The maximum Gasteiger partial charge on any atom is 0.160 e. The van der Waals surface area contributed by atoms with Crippen molar-refractivity contribution in [2.45, 2.75) is 0 Å². The van der Waals surface area contributed by atoms with Gasteiger partial charge in [0.15, 0.2) is 5.82 Å². The maximum absolute atomic E-state index is 5.75. The van der Waals surface area contributed by atoms with E-state index in [2.05, 4.69) is 358 Å². The molecule has 15 aromatic carbocycles. The van der Waals surface area contributed by atoms with Crippen molar-refractivity contribution in [3.63, 3.8) is 0 Å². The summed E-state index contributed by atoms with van der Waals surface area (Å²) >= 11 is 0. The lowest BCUT2D eigenvalue weighted by molar-refractivity contribution is 1.13. The number of hydrogen-bond acceptors (Lipinski definition) is 2. The third kappa shape index (κ3) is 8.39. The van der Waals surface area contributed by atoms with Gasteiger partial charge in [-0.1, -0.05) is 231 Å². The molecule has 0 aliphatic heterocycles. The number of rotatable bonds is 9. The van der Waals surface area contributed by atoms with Gasteiger partial charge in [0.1, 0.15) is 0 Å². The molecule has 0 saturated heterocycles. The van der Waals surface area contributed by atoms with E-state index >= 15 is 0 Å². The van der Waals surface area contributed by atoms with E-state index in [0.717, 1.165) is 111 Å². The zero-order valence-electron chi connectivity index (χ0n) is 52.0. The Bertz CT molecular complexity index is 6260. The summed E-state index contributed by atoms with van der Waals surface area (Å²) in [6.07, 6.45) is 0. The second-order valence-corrected chi connectivity index (χ2v) is 25.3. The van der Waals surface area contributed by atoms with Crippen LogP contribution in [0.4, 0.5) is 0 Å². The minimum atomic E-state index is 0.637. The van der Waals surface area contributed by atoms with Crippen LogP contribution in [0.1, 0.15) is 0 Å². The Morgan fingerprint density at radius 1 is 0.177 bits per heavy atom. The zero-order chi connectivity index (χ0) is 63.0. The summed E-state index contributed by atoms with van der Waals surface area (Å²) in [5.41, 5.74) is 24.0. The molecular weight excluding hydrogens is 1170 g/mol. The molecule has 0 aliphatic rings. The maximum atomic E-state index is 5.75. The van der Waals surface area contributed by atoms with Crippen molar-refractivity contribution in [1.29, 1.82) is 0 Å². The first-order valence-electron chi connectivity index (χ1n) is 32.9. The molecule has 0 fully saturated rings. The predicted octanol–water partition coefficient (Wildman–Crippen LogP) is 23.5. The van der Waals surface area contributed by atoms with Crippen LogP contribution in [-0.4, -0.2) is 28.2 Å². The molecule has 0 bridgehead atoms. The van der Waals surface area contributed by atoms with E-state index in [4.69, 9.17) is 9.97 Å². The topological polar surface area (TPSA) is 45.5 Å². The fourth-order valence-corrected chi connectivity index (χ4v) is 15.5. The summed E-state index contributed by atoms with van der Waals surface area (Å²) in [6.45, 7) is 0. The summed E-state index contributed by atoms with van der Waals surface area (Å²) in [4.78, 5) is 11.5. The van der Waals surface area contributed by atoms with E-state index in [1.54, 1.807) is 0 Å². The first kappa shape index (κ1) is 53.7. The number of fused-ring (bicyclic) bond motifs is 15. The molecule has 0 atom stereocenters. The summed E-state index contributed by atoms with van der Waals surface area (Å²) in [6, 6.07) is 124. The quantitative estimate of drug-likeness (QED) is 0.135. The van der Waals surface area contributed by atoms with Crippen LogP contribution in [0.3, 0.4) is 0 Å². The largest absolute Gasteiger partial charge is 0.309 e. The van der Waals surface area contributed by atoms with Crippen molar-refractivity contribution in [2.75, 3.05) is 0 Å². The SMILES string of the molecule is c1ccc(-c2ccc(-c3nc(-c4cc(-n5c6ccccc6c6ccc(-c7ccc8c(c7)c7ccccc7n8-c7ccccc7)cc65)cc(-n5c6ccccc6c6ccc(-c7ccc8c(c7)c7ccccc7n8-c7ccccc7)cc65)c4)nc4c3ccc3ccccc34)cc2)cc1. The van der Waals surface area contributed by atoms with Gasteiger partial charge in [0.25, 0.3) is 0 Å². The lowest BCUT2D eigenvalue weighted by Gasteiger charge is -2.17. The van der Waals surface area contributed by atoms with E-state index in [1.807, 2.05) is 0 Å². The molecule has 0 radical (unpaired) electrons. The van der Waals surface area contributed by atoms with Crippen LogP contribution in [0.15, 0.2) is 340 Å². The fraction of sp³-hybridized carbons (Fsp3) is 0. The second-order valence-electron chi connectivity index (χ2n) is 25.3. The van der Waals surface area contributed by atoms with Crippen LogP contribution in [0.2, 0.25) is 0 Å². The fourth-order valence-electron chi connectivity index (χ4n) is 15.5. The lowest BCUT2D eigenvalue weighted by Crippen LogP contribution is -2.02. The molecule has 6 heteroatoms. The Hall–Kier alpha value is -12.9. The standard InChI is InChI=1S/C90H56N6/c1-4-20-57(21-5-1)58-36-38-60(39-37-58)88-77-47-40-59-22-10-11-27-70(59)89(77)92-90(91-88)65-50-68(95-80-32-16-12-28-71(80)75-45-41-63(54-86(75)95)61-43-48-84-78(52-61)73-30-14-18-34-82(73)93(84)66-23-6-2-7-24-66)56-69(51-65)96-81-33-17-13-29-72(81)76-46-42-64(55-87(76)96)62-44-49-85-79(53-62)74-31-15-19-35-83(74)94(85)67-25-8-3-9-26-67/h1-56H. The molecule has 0 aliphatic carbocycles. The number of benzene rings is 15. The second kappa shape index (κ2) is 21.3. The van der Waals surface area contributed by atoms with Gasteiger partial charge in [-0.25, -0.2) is 9.97 Å². The van der Waals surface area contributed by atoms with Gasteiger partial charge in [-0.05, 0) is 148 Å². The molecule has 0 N–H and O–H groups in total. The molecule has 0 unspecified atom stereocenters.